The van der Waals surface area contributed by atoms with Gasteiger partial charge in [-0.15, -0.1) is 0 Å². The van der Waals surface area contributed by atoms with Gasteiger partial charge < -0.3 is 24.3 Å². The van der Waals surface area contributed by atoms with Crippen LogP contribution in [-0.2, 0) is 4.79 Å². The maximum absolute atomic E-state index is 12.6. The highest BCUT2D eigenvalue weighted by molar-refractivity contribution is 5.81. The first kappa shape index (κ1) is 20.4. The van der Waals surface area contributed by atoms with Gasteiger partial charge in [0.1, 0.15) is 0 Å². The van der Waals surface area contributed by atoms with E-state index in [0.717, 1.165) is 12.0 Å². The molecule has 0 radical (unpaired) electrons. The molecule has 2 aromatic rings. The van der Waals surface area contributed by atoms with Crippen molar-refractivity contribution in [2.45, 2.75) is 32.4 Å². The molecule has 0 aromatic heterocycles. The fraction of sp³-hybridized carbons (Fsp3) is 0.381. The average Bonchev–Trinajstić information content (AvgIpc) is 2.71. The van der Waals surface area contributed by atoms with Crippen molar-refractivity contribution < 1.29 is 23.7 Å². The summed E-state index contributed by atoms with van der Waals surface area (Å²) < 4.78 is 21.7. The van der Waals surface area contributed by atoms with Crippen molar-refractivity contribution in [3.63, 3.8) is 0 Å². The van der Waals surface area contributed by atoms with Crippen LogP contribution in [0.4, 0.5) is 0 Å². The summed E-state index contributed by atoms with van der Waals surface area (Å²) in [7, 11) is 4.74. The Morgan fingerprint density at radius 2 is 1.52 bits per heavy atom. The van der Waals surface area contributed by atoms with Crippen molar-refractivity contribution in [1.29, 1.82) is 0 Å². The van der Waals surface area contributed by atoms with Crippen molar-refractivity contribution >= 4 is 5.91 Å². The van der Waals surface area contributed by atoms with Gasteiger partial charge in [-0.25, -0.2) is 0 Å². The summed E-state index contributed by atoms with van der Waals surface area (Å²) in [6, 6.07) is 12.7. The zero-order valence-electron chi connectivity index (χ0n) is 16.4. The molecule has 0 aliphatic carbocycles. The van der Waals surface area contributed by atoms with Crippen LogP contribution in [0, 0.1) is 0 Å². The molecular weight excluding hydrogens is 346 g/mol. The topological polar surface area (TPSA) is 66.0 Å². The fourth-order valence-electron chi connectivity index (χ4n) is 2.74. The molecule has 2 aromatic carbocycles. The lowest BCUT2D eigenvalue weighted by Gasteiger charge is -2.22. The normalized spacial score (nSPS) is 12.6. The molecule has 27 heavy (non-hydrogen) atoms. The van der Waals surface area contributed by atoms with Crippen LogP contribution < -0.4 is 24.3 Å². The SMILES string of the molecule is CCC(NC(=O)C(C)Oc1ccccc1OC)c1ccc(OC)c(OC)c1. The quantitative estimate of drug-likeness (QED) is 0.725. The van der Waals surface area contributed by atoms with Crippen molar-refractivity contribution in [1.82, 2.24) is 5.32 Å². The molecule has 2 atom stereocenters. The van der Waals surface area contributed by atoms with Crippen LogP contribution in [0.15, 0.2) is 42.5 Å². The summed E-state index contributed by atoms with van der Waals surface area (Å²) in [4.78, 5) is 12.6. The molecule has 1 amide bonds. The predicted molar refractivity (Wildman–Crippen MR) is 104 cm³/mol. The number of para-hydroxylation sites is 2. The van der Waals surface area contributed by atoms with Crippen LogP contribution in [0.2, 0.25) is 0 Å². The molecule has 0 aliphatic rings. The van der Waals surface area contributed by atoms with E-state index in [1.54, 1.807) is 40.4 Å². The lowest BCUT2D eigenvalue weighted by molar-refractivity contribution is -0.128. The van der Waals surface area contributed by atoms with Crippen LogP contribution >= 0.6 is 0 Å². The second kappa shape index (κ2) is 9.71. The van der Waals surface area contributed by atoms with Gasteiger partial charge in [0, 0.05) is 0 Å². The number of benzene rings is 2. The molecule has 0 fully saturated rings. The van der Waals surface area contributed by atoms with E-state index in [2.05, 4.69) is 5.32 Å². The summed E-state index contributed by atoms with van der Waals surface area (Å²) >= 11 is 0. The Morgan fingerprint density at radius 3 is 2.11 bits per heavy atom. The smallest absolute Gasteiger partial charge is 0.261 e. The Balaban J connectivity index is 2.10. The summed E-state index contributed by atoms with van der Waals surface area (Å²) in [5, 5.41) is 3.03. The number of ether oxygens (including phenoxy) is 4. The van der Waals surface area contributed by atoms with E-state index in [1.165, 1.54) is 0 Å². The van der Waals surface area contributed by atoms with Gasteiger partial charge >= 0.3 is 0 Å². The standard InChI is InChI=1S/C21H27NO5/c1-6-16(15-11-12-18(25-4)20(13-15)26-5)22-21(23)14(2)27-19-10-8-7-9-17(19)24-3/h7-14,16H,6H2,1-5H3,(H,22,23). The van der Waals surface area contributed by atoms with E-state index in [1.807, 2.05) is 37.3 Å². The van der Waals surface area contributed by atoms with Crippen LogP contribution in [-0.4, -0.2) is 33.3 Å². The van der Waals surface area contributed by atoms with E-state index < -0.39 is 6.10 Å². The Bertz CT molecular complexity index is 762. The number of methoxy groups -OCH3 is 3. The largest absolute Gasteiger partial charge is 0.493 e. The maximum atomic E-state index is 12.6. The van der Waals surface area contributed by atoms with Gasteiger partial charge in [-0.3, -0.25) is 4.79 Å². The molecule has 1 N–H and O–H groups in total. The molecule has 2 unspecified atom stereocenters. The van der Waals surface area contributed by atoms with Crippen LogP contribution in [0.3, 0.4) is 0 Å². The molecule has 6 heteroatoms. The van der Waals surface area contributed by atoms with Crippen LogP contribution in [0.1, 0.15) is 31.9 Å². The first-order valence-electron chi connectivity index (χ1n) is 8.86. The zero-order chi connectivity index (χ0) is 19.8. The highest BCUT2D eigenvalue weighted by Gasteiger charge is 2.21. The number of amides is 1. The third-order valence-corrected chi connectivity index (χ3v) is 4.28. The van der Waals surface area contributed by atoms with Crippen molar-refractivity contribution in [2.75, 3.05) is 21.3 Å². The van der Waals surface area contributed by atoms with E-state index in [0.29, 0.717) is 23.0 Å². The molecule has 0 bridgehead atoms. The van der Waals surface area contributed by atoms with Gasteiger partial charge in [-0.2, -0.15) is 0 Å². The summed E-state index contributed by atoms with van der Waals surface area (Å²) in [6.07, 6.45) is 0.0540. The number of hydrogen-bond donors (Lipinski definition) is 1. The van der Waals surface area contributed by atoms with E-state index in [9.17, 15) is 4.79 Å². The number of carbonyl (C=O) groups excluding carboxylic acids is 1. The number of nitrogens with one attached hydrogen (secondary N) is 1. The summed E-state index contributed by atoms with van der Waals surface area (Å²) in [5.41, 5.74) is 0.938. The van der Waals surface area contributed by atoms with Gasteiger partial charge in [-0.05, 0) is 43.2 Å². The van der Waals surface area contributed by atoms with Gasteiger partial charge in [-0.1, -0.05) is 25.1 Å². The van der Waals surface area contributed by atoms with Crippen LogP contribution in [0.25, 0.3) is 0 Å². The van der Waals surface area contributed by atoms with E-state index in [4.69, 9.17) is 18.9 Å². The maximum Gasteiger partial charge on any atom is 0.261 e. The fourth-order valence-corrected chi connectivity index (χ4v) is 2.74. The highest BCUT2D eigenvalue weighted by atomic mass is 16.5. The number of hydrogen-bond acceptors (Lipinski definition) is 5. The Kier molecular flexibility index (Phi) is 7.34. The molecular formula is C21H27NO5. The molecule has 0 heterocycles. The molecule has 0 aliphatic heterocycles. The molecule has 146 valence electrons. The van der Waals surface area contributed by atoms with E-state index >= 15 is 0 Å². The van der Waals surface area contributed by atoms with Crippen LogP contribution in [0.5, 0.6) is 23.0 Å². The molecule has 0 saturated heterocycles. The summed E-state index contributed by atoms with van der Waals surface area (Å²) in [6.45, 7) is 3.72. The number of carbonyl (C=O) groups is 1. The Morgan fingerprint density at radius 1 is 0.926 bits per heavy atom. The van der Waals surface area contributed by atoms with Gasteiger partial charge in [0.25, 0.3) is 5.91 Å². The van der Waals surface area contributed by atoms with Crippen molar-refractivity contribution in [2.24, 2.45) is 0 Å². The second-order valence-electron chi connectivity index (χ2n) is 5.99. The molecule has 6 nitrogen and oxygen atoms in total. The predicted octanol–water partition coefficient (Wildman–Crippen LogP) is 3.75. The minimum absolute atomic E-state index is 0.166. The average molecular weight is 373 g/mol. The lowest BCUT2D eigenvalue weighted by Crippen LogP contribution is -2.38. The molecule has 0 saturated carbocycles. The first-order valence-corrected chi connectivity index (χ1v) is 8.86. The minimum Gasteiger partial charge on any atom is -0.493 e. The minimum atomic E-state index is -0.671. The van der Waals surface area contributed by atoms with Gasteiger partial charge in [0.2, 0.25) is 0 Å². The second-order valence-corrected chi connectivity index (χ2v) is 5.99. The third kappa shape index (κ3) is 5.06. The summed E-state index contributed by atoms with van der Waals surface area (Å²) in [5.74, 6) is 2.18. The third-order valence-electron chi connectivity index (χ3n) is 4.28. The van der Waals surface area contributed by atoms with Crippen molar-refractivity contribution in [3.8, 4) is 23.0 Å². The monoisotopic (exact) mass is 373 g/mol. The van der Waals surface area contributed by atoms with Gasteiger partial charge in [0.05, 0.1) is 27.4 Å². The lowest BCUT2D eigenvalue weighted by atomic mass is 10.0. The Hall–Kier alpha value is -2.89. The molecule has 2 rings (SSSR count). The zero-order valence-corrected chi connectivity index (χ0v) is 16.4. The van der Waals surface area contributed by atoms with E-state index in [-0.39, 0.29) is 11.9 Å². The number of rotatable bonds is 9. The molecule has 0 spiro atoms. The Labute approximate surface area is 160 Å². The van der Waals surface area contributed by atoms with Crippen molar-refractivity contribution in [3.05, 3.63) is 48.0 Å². The highest BCUT2D eigenvalue weighted by Crippen LogP contribution is 2.31. The first-order chi connectivity index (χ1) is 13.0. The van der Waals surface area contributed by atoms with Gasteiger partial charge in [0.15, 0.2) is 29.1 Å².